The van der Waals surface area contributed by atoms with Crippen LogP contribution in [0.5, 0.6) is 0 Å². The monoisotopic (exact) mass is 157 g/mol. The van der Waals surface area contributed by atoms with Gasteiger partial charge in [0, 0.05) is 12.5 Å². The fraction of sp³-hybridized carbons (Fsp3) is 0.889. The maximum atomic E-state index is 11.0. The van der Waals surface area contributed by atoms with Crippen molar-refractivity contribution in [3.05, 3.63) is 0 Å². The Kier molecular flexibility index (Phi) is 5.90. The molecule has 0 radical (unpaired) electrons. The van der Waals surface area contributed by atoms with Crippen LogP contribution in [0.2, 0.25) is 0 Å². The van der Waals surface area contributed by atoms with Gasteiger partial charge >= 0.3 is 0 Å². The smallest absolute Gasteiger partial charge is 0.220 e. The molecule has 0 spiro atoms. The molecule has 0 unspecified atom stereocenters. The van der Waals surface area contributed by atoms with Crippen molar-refractivity contribution in [3.63, 3.8) is 0 Å². The van der Waals surface area contributed by atoms with Crippen LogP contribution in [0.15, 0.2) is 0 Å². The highest BCUT2D eigenvalue weighted by Crippen LogP contribution is 1.98. The summed E-state index contributed by atoms with van der Waals surface area (Å²) in [5, 5.41) is 2.86. The molecule has 11 heavy (non-hydrogen) atoms. The van der Waals surface area contributed by atoms with E-state index in [2.05, 4.69) is 12.2 Å². The summed E-state index contributed by atoms with van der Waals surface area (Å²) in [5.74, 6) is 0.188. The highest BCUT2D eigenvalue weighted by Gasteiger charge is 2.00. The zero-order valence-corrected chi connectivity index (χ0v) is 7.81. The lowest BCUT2D eigenvalue weighted by molar-refractivity contribution is -0.121. The average Bonchev–Trinajstić information content (AvgIpc) is 1.86. The van der Waals surface area contributed by atoms with Gasteiger partial charge in [0.05, 0.1) is 0 Å². The van der Waals surface area contributed by atoms with Gasteiger partial charge < -0.3 is 5.32 Å². The summed E-state index contributed by atoms with van der Waals surface area (Å²) in [7, 11) is 0. The van der Waals surface area contributed by atoms with Gasteiger partial charge in [-0.25, -0.2) is 0 Å². The van der Waals surface area contributed by atoms with Crippen LogP contribution in [0.3, 0.4) is 0 Å². The first-order valence-electron chi connectivity index (χ1n) is 4.46. The molecule has 0 aromatic carbocycles. The predicted octanol–water partition coefficient (Wildman–Crippen LogP) is 2.09. The summed E-state index contributed by atoms with van der Waals surface area (Å²) in [5.41, 5.74) is 0. The second kappa shape index (κ2) is 6.20. The number of nitrogens with one attached hydrogen (secondary N) is 1. The highest BCUT2D eigenvalue weighted by atomic mass is 16.1. The Bertz CT molecular complexity index is 110. The number of rotatable bonds is 5. The van der Waals surface area contributed by atoms with E-state index in [1.807, 2.05) is 13.8 Å². The van der Waals surface area contributed by atoms with Crippen molar-refractivity contribution < 1.29 is 4.79 Å². The van der Waals surface area contributed by atoms with Crippen molar-refractivity contribution in [2.75, 3.05) is 0 Å². The molecule has 0 heterocycles. The number of hydrogen-bond donors (Lipinski definition) is 1. The van der Waals surface area contributed by atoms with Crippen molar-refractivity contribution in [1.29, 1.82) is 0 Å². The van der Waals surface area contributed by atoms with Gasteiger partial charge in [-0.1, -0.05) is 19.8 Å². The molecule has 2 heteroatoms. The minimum atomic E-state index is 0.188. The van der Waals surface area contributed by atoms with Crippen molar-refractivity contribution in [2.45, 2.75) is 52.5 Å². The van der Waals surface area contributed by atoms with E-state index in [9.17, 15) is 4.79 Å². The Morgan fingerprint density at radius 2 is 2.00 bits per heavy atom. The molecular weight excluding hydrogens is 138 g/mol. The largest absolute Gasteiger partial charge is 0.354 e. The van der Waals surface area contributed by atoms with Gasteiger partial charge in [-0.15, -0.1) is 0 Å². The first-order chi connectivity index (χ1) is 5.16. The number of unbranched alkanes of at least 4 members (excludes halogenated alkanes) is 2. The minimum absolute atomic E-state index is 0.188. The number of amides is 1. The van der Waals surface area contributed by atoms with Crippen molar-refractivity contribution in [2.24, 2.45) is 0 Å². The lowest BCUT2D eigenvalue weighted by atomic mass is 10.2. The zero-order chi connectivity index (χ0) is 8.69. The van der Waals surface area contributed by atoms with Crippen LogP contribution in [0, 0.1) is 0 Å². The van der Waals surface area contributed by atoms with Crippen LogP contribution in [0.1, 0.15) is 46.5 Å². The Hall–Kier alpha value is -0.530. The highest BCUT2D eigenvalue weighted by molar-refractivity contribution is 5.76. The summed E-state index contributed by atoms with van der Waals surface area (Å²) >= 11 is 0. The first-order valence-corrected chi connectivity index (χ1v) is 4.46. The maximum absolute atomic E-state index is 11.0. The molecule has 0 aromatic heterocycles. The van der Waals surface area contributed by atoms with E-state index in [1.165, 1.54) is 6.42 Å². The molecule has 0 aliphatic carbocycles. The Labute approximate surface area is 69.4 Å². The van der Waals surface area contributed by atoms with E-state index >= 15 is 0 Å². The fourth-order valence-electron chi connectivity index (χ4n) is 0.930. The van der Waals surface area contributed by atoms with Gasteiger partial charge in [-0.2, -0.15) is 0 Å². The summed E-state index contributed by atoms with van der Waals surface area (Å²) in [4.78, 5) is 11.0. The topological polar surface area (TPSA) is 29.1 Å². The molecule has 0 saturated carbocycles. The Balaban J connectivity index is 3.23. The van der Waals surface area contributed by atoms with Crippen molar-refractivity contribution in [1.82, 2.24) is 5.32 Å². The second-order valence-electron chi connectivity index (χ2n) is 3.18. The summed E-state index contributed by atoms with van der Waals surface area (Å²) in [6.07, 6.45) is 4.04. The number of carbonyl (C=O) groups is 1. The van der Waals surface area contributed by atoms with Crippen LogP contribution in [0.4, 0.5) is 0 Å². The standard InChI is InChI=1S/C9H19NO/c1-4-5-6-7-9(11)10-8(2)3/h8H,4-7H2,1-3H3,(H,10,11). The minimum Gasteiger partial charge on any atom is -0.354 e. The number of hydrogen-bond acceptors (Lipinski definition) is 1. The quantitative estimate of drug-likeness (QED) is 0.608. The van der Waals surface area contributed by atoms with E-state index in [1.54, 1.807) is 0 Å². The van der Waals surface area contributed by atoms with Gasteiger partial charge in [-0.3, -0.25) is 4.79 Å². The molecule has 0 saturated heterocycles. The number of carbonyl (C=O) groups excluding carboxylic acids is 1. The van der Waals surface area contributed by atoms with Crippen LogP contribution in [-0.4, -0.2) is 11.9 Å². The summed E-state index contributed by atoms with van der Waals surface area (Å²) in [6.45, 7) is 6.11. The third-order valence-electron chi connectivity index (χ3n) is 1.46. The second-order valence-corrected chi connectivity index (χ2v) is 3.18. The van der Waals surface area contributed by atoms with Gasteiger partial charge in [-0.05, 0) is 20.3 Å². The predicted molar refractivity (Wildman–Crippen MR) is 47.4 cm³/mol. The third-order valence-corrected chi connectivity index (χ3v) is 1.46. The van der Waals surface area contributed by atoms with Crippen LogP contribution in [0.25, 0.3) is 0 Å². The molecule has 1 N–H and O–H groups in total. The Morgan fingerprint density at radius 3 is 2.45 bits per heavy atom. The van der Waals surface area contributed by atoms with Crippen molar-refractivity contribution >= 4 is 5.91 Å². The normalized spacial score (nSPS) is 10.2. The molecule has 66 valence electrons. The maximum Gasteiger partial charge on any atom is 0.220 e. The molecule has 0 rings (SSSR count). The molecule has 2 nitrogen and oxygen atoms in total. The van der Waals surface area contributed by atoms with Gasteiger partial charge in [0.15, 0.2) is 0 Å². The van der Waals surface area contributed by atoms with Gasteiger partial charge in [0.1, 0.15) is 0 Å². The van der Waals surface area contributed by atoms with Crippen LogP contribution >= 0.6 is 0 Å². The van der Waals surface area contributed by atoms with E-state index < -0.39 is 0 Å². The van der Waals surface area contributed by atoms with E-state index in [0.29, 0.717) is 6.42 Å². The summed E-state index contributed by atoms with van der Waals surface area (Å²) in [6, 6.07) is 0.282. The van der Waals surface area contributed by atoms with E-state index in [0.717, 1.165) is 12.8 Å². The molecule has 0 aromatic rings. The molecule has 0 bridgehead atoms. The van der Waals surface area contributed by atoms with Crippen molar-refractivity contribution in [3.8, 4) is 0 Å². The fourth-order valence-corrected chi connectivity index (χ4v) is 0.930. The third kappa shape index (κ3) is 7.37. The van der Waals surface area contributed by atoms with E-state index in [4.69, 9.17) is 0 Å². The summed E-state index contributed by atoms with van der Waals surface area (Å²) < 4.78 is 0. The molecule has 0 aliphatic rings. The molecule has 1 amide bonds. The molecule has 0 atom stereocenters. The first kappa shape index (κ1) is 10.5. The molecular formula is C9H19NO. The molecule has 0 fully saturated rings. The van der Waals surface area contributed by atoms with Gasteiger partial charge in [0.25, 0.3) is 0 Å². The molecule has 0 aliphatic heterocycles. The Morgan fingerprint density at radius 1 is 1.36 bits per heavy atom. The van der Waals surface area contributed by atoms with Crippen LogP contribution in [-0.2, 0) is 4.79 Å². The SMILES string of the molecule is CCCCCC(=O)NC(C)C. The zero-order valence-electron chi connectivity index (χ0n) is 7.81. The van der Waals surface area contributed by atoms with Gasteiger partial charge in [0.2, 0.25) is 5.91 Å². The lowest BCUT2D eigenvalue weighted by Crippen LogP contribution is -2.29. The van der Waals surface area contributed by atoms with Crippen LogP contribution < -0.4 is 5.32 Å². The van der Waals surface area contributed by atoms with E-state index in [-0.39, 0.29) is 11.9 Å². The lowest BCUT2D eigenvalue weighted by Gasteiger charge is -2.07. The average molecular weight is 157 g/mol.